The van der Waals surface area contributed by atoms with Gasteiger partial charge in [0.1, 0.15) is 11.6 Å². The summed E-state index contributed by atoms with van der Waals surface area (Å²) in [6, 6.07) is 2.75. The molecule has 0 aliphatic carbocycles. The highest BCUT2D eigenvalue weighted by atomic mass is 19.1. The Morgan fingerprint density at radius 1 is 1.28 bits per heavy atom. The van der Waals surface area contributed by atoms with Gasteiger partial charge in [-0.05, 0) is 51.4 Å². The lowest BCUT2D eigenvalue weighted by molar-refractivity contribution is 0.0140. The van der Waals surface area contributed by atoms with Gasteiger partial charge in [-0.3, -0.25) is 0 Å². The number of halogens is 2. The highest BCUT2D eigenvalue weighted by Gasteiger charge is 2.23. The van der Waals surface area contributed by atoms with Crippen LogP contribution in [0.25, 0.3) is 0 Å². The number of likely N-dealkylation sites (tertiary alicyclic amines) is 1. The van der Waals surface area contributed by atoms with E-state index in [9.17, 15) is 13.6 Å². The van der Waals surface area contributed by atoms with Gasteiger partial charge in [-0.25, -0.2) is 13.6 Å². The van der Waals surface area contributed by atoms with Crippen LogP contribution in [0.5, 0.6) is 0 Å². The van der Waals surface area contributed by atoms with Crippen LogP contribution in [0.4, 0.5) is 19.3 Å². The maximum absolute atomic E-state index is 13.7. The Labute approximate surface area is 172 Å². The van der Waals surface area contributed by atoms with Crippen LogP contribution in [-0.4, -0.2) is 61.8 Å². The summed E-state index contributed by atoms with van der Waals surface area (Å²) in [6.07, 6.45) is 8.22. The van der Waals surface area contributed by atoms with E-state index in [1.54, 1.807) is 4.90 Å². The Morgan fingerprint density at radius 2 is 2.00 bits per heavy atom. The molecule has 1 aromatic carbocycles. The SMILES string of the molecule is C=CCN(C)CCCCCCOC1CCN(C(=O)Nc2ccc(F)cc2F)CC1. The number of nitrogens with one attached hydrogen (secondary N) is 1. The smallest absolute Gasteiger partial charge is 0.321 e. The van der Waals surface area contributed by atoms with Gasteiger partial charge in [0, 0.05) is 32.3 Å². The molecule has 1 saturated heterocycles. The molecule has 162 valence electrons. The van der Waals surface area contributed by atoms with Gasteiger partial charge in [-0.1, -0.05) is 18.9 Å². The fraction of sp³-hybridized carbons (Fsp3) is 0.591. The second-order valence-electron chi connectivity index (χ2n) is 7.58. The molecule has 0 bridgehead atoms. The highest BCUT2D eigenvalue weighted by molar-refractivity contribution is 5.89. The van der Waals surface area contributed by atoms with Gasteiger partial charge in [0.2, 0.25) is 0 Å². The molecule has 0 spiro atoms. The quantitative estimate of drug-likeness (QED) is 0.427. The minimum Gasteiger partial charge on any atom is -0.378 e. The zero-order valence-corrected chi connectivity index (χ0v) is 17.3. The summed E-state index contributed by atoms with van der Waals surface area (Å²) in [6.45, 7) is 7.64. The Balaban J connectivity index is 1.55. The molecule has 0 aromatic heterocycles. The maximum Gasteiger partial charge on any atom is 0.321 e. The number of carbonyl (C=O) groups excluding carboxylic acids is 1. The molecule has 29 heavy (non-hydrogen) atoms. The van der Waals surface area contributed by atoms with Crippen molar-refractivity contribution >= 4 is 11.7 Å². The second kappa shape index (κ2) is 12.5. The van der Waals surface area contributed by atoms with Gasteiger partial charge in [0.15, 0.2) is 0 Å². The van der Waals surface area contributed by atoms with E-state index in [4.69, 9.17) is 4.74 Å². The van der Waals surface area contributed by atoms with E-state index >= 15 is 0 Å². The van der Waals surface area contributed by atoms with Gasteiger partial charge in [0.25, 0.3) is 0 Å². The largest absolute Gasteiger partial charge is 0.378 e. The van der Waals surface area contributed by atoms with Crippen molar-refractivity contribution in [2.45, 2.75) is 44.6 Å². The Kier molecular flexibility index (Phi) is 10.1. The van der Waals surface area contributed by atoms with Crippen LogP contribution in [0.15, 0.2) is 30.9 Å². The number of nitrogens with zero attached hydrogens (tertiary/aromatic N) is 2. The minimum absolute atomic E-state index is 0.00883. The fourth-order valence-electron chi connectivity index (χ4n) is 3.41. The highest BCUT2D eigenvalue weighted by Crippen LogP contribution is 2.18. The molecule has 2 rings (SSSR count). The van der Waals surface area contributed by atoms with Crippen LogP contribution >= 0.6 is 0 Å². The molecule has 0 saturated carbocycles. The van der Waals surface area contributed by atoms with E-state index in [2.05, 4.69) is 23.8 Å². The van der Waals surface area contributed by atoms with E-state index in [1.807, 2.05) is 6.08 Å². The monoisotopic (exact) mass is 409 g/mol. The predicted molar refractivity (Wildman–Crippen MR) is 112 cm³/mol. The van der Waals surface area contributed by atoms with E-state index < -0.39 is 11.6 Å². The zero-order chi connectivity index (χ0) is 21.1. The molecule has 0 atom stereocenters. The predicted octanol–water partition coefficient (Wildman–Crippen LogP) is 4.66. The van der Waals surface area contributed by atoms with Crippen molar-refractivity contribution in [3.05, 3.63) is 42.5 Å². The number of hydrogen-bond acceptors (Lipinski definition) is 3. The lowest BCUT2D eigenvalue weighted by Gasteiger charge is -2.32. The molecule has 0 radical (unpaired) electrons. The number of amides is 2. The van der Waals surface area contributed by atoms with E-state index in [-0.39, 0.29) is 17.8 Å². The molecule has 5 nitrogen and oxygen atoms in total. The van der Waals surface area contributed by atoms with Crippen LogP contribution in [0.1, 0.15) is 38.5 Å². The molecule has 1 aliphatic heterocycles. The summed E-state index contributed by atoms with van der Waals surface area (Å²) in [7, 11) is 2.10. The number of benzene rings is 1. The van der Waals surface area contributed by atoms with Crippen molar-refractivity contribution in [3.63, 3.8) is 0 Å². The van der Waals surface area contributed by atoms with Crippen LogP contribution in [0.2, 0.25) is 0 Å². The van der Waals surface area contributed by atoms with Crippen molar-refractivity contribution in [1.82, 2.24) is 9.80 Å². The number of rotatable bonds is 11. The minimum atomic E-state index is -0.774. The third kappa shape index (κ3) is 8.50. The molecule has 2 amide bonds. The number of urea groups is 1. The number of carbonyl (C=O) groups is 1. The summed E-state index contributed by atoms with van der Waals surface area (Å²) < 4.78 is 32.6. The molecule has 1 aromatic rings. The van der Waals surface area contributed by atoms with Crippen LogP contribution < -0.4 is 5.32 Å². The van der Waals surface area contributed by atoms with E-state index in [1.165, 1.54) is 18.9 Å². The molecule has 1 fully saturated rings. The third-order valence-corrected chi connectivity index (χ3v) is 5.13. The molecule has 0 unspecified atom stereocenters. The number of hydrogen-bond donors (Lipinski definition) is 1. The van der Waals surface area contributed by atoms with Gasteiger partial charge >= 0.3 is 6.03 Å². The number of piperidine rings is 1. The van der Waals surface area contributed by atoms with Gasteiger partial charge < -0.3 is 19.9 Å². The molecular formula is C22H33F2N3O2. The first-order valence-electron chi connectivity index (χ1n) is 10.4. The number of ether oxygens (including phenoxy) is 1. The van der Waals surface area contributed by atoms with E-state index in [0.717, 1.165) is 57.5 Å². The molecular weight excluding hydrogens is 376 g/mol. The fourth-order valence-corrected chi connectivity index (χ4v) is 3.41. The summed E-state index contributed by atoms with van der Waals surface area (Å²) in [5, 5.41) is 2.51. The van der Waals surface area contributed by atoms with Crippen molar-refractivity contribution < 1.29 is 18.3 Å². The average Bonchev–Trinajstić information content (AvgIpc) is 2.70. The Morgan fingerprint density at radius 3 is 2.69 bits per heavy atom. The Hall–Kier alpha value is -1.99. The molecule has 1 N–H and O–H groups in total. The molecule has 1 heterocycles. The van der Waals surface area contributed by atoms with Crippen LogP contribution in [0, 0.1) is 11.6 Å². The topological polar surface area (TPSA) is 44.8 Å². The standard InChI is InChI=1S/C22H33F2N3O2/c1-3-12-26(2)13-6-4-5-7-16-29-19-10-14-27(15-11-19)22(28)25-21-9-8-18(23)17-20(21)24/h3,8-9,17,19H,1,4-7,10-16H2,2H3,(H,25,28). The van der Waals surface area contributed by atoms with Crippen molar-refractivity contribution in [3.8, 4) is 0 Å². The summed E-state index contributed by atoms with van der Waals surface area (Å²) in [5.41, 5.74) is -0.00883. The van der Waals surface area contributed by atoms with Crippen molar-refractivity contribution in [2.24, 2.45) is 0 Å². The lowest BCUT2D eigenvalue weighted by Crippen LogP contribution is -2.43. The van der Waals surface area contributed by atoms with Crippen LogP contribution in [0.3, 0.4) is 0 Å². The normalized spacial score (nSPS) is 15.0. The van der Waals surface area contributed by atoms with Gasteiger partial charge in [-0.15, -0.1) is 6.58 Å². The summed E-state index contributed by atoms with van der Waals surface area (Å²) >= 11 is 0. The van der Waals surface area contributed by atoms with Gasteiger partial charge in [-0.2, -0.15) is 0 Å². The number of unbranched alkanes of at least 4 members (excludes halogenated alkanes) is 3. The third-order valence-electron chi connectivity index (χ3n) is 5.13. The van der Waals surface area contributed by atoms with Gasteiger partial charge in [0.05, 0.1) is 11.8 Å². The summed E-state index contributed by atoms with van der Waals surface area (Å²) in [5.74, 6) is -1.44. The second-order valence-corrected chi connectivity index (χ2v) is 7.58. The average molecular weight is 410 g/mol. The number of anilines is 1. The van der Waals surface area contributed by atoms with Crippen molar-refractivity contribution in [2.75, 3.05) is 45.2 Å². The Bertz CT molecular complexity index is 649. The first kappa shape index (κ1) is 23.3. The number of likely N-dealkylation sites (N-methyl/N-ethyl adjacent to an activating group) is 1. The molecule has 7 heteroatoms. The summed E-state index contributed by atoms with van der Waals surface area (Å²) in [4.78, 5) is 16.2. The van der Waals surface area contributed by atoms with Crippen LogP contribution in [-0.2, 0) is 4.74 Å². The zero-order valence-electron chi connectivity index (χ0n) is 17.3. The maximum atomic E-state index is 13.7. The molecule has 1 aliphatic rings. The van der Waals surface area contributed by atoms with E-state index in [0.29, 0.717) is 13.1 Å². The lowest BCUT2D eigenvalue weighted by atomic mass is 10.1. The van der Waals surface area contributed by atoms with Crippen molar-refractivity contribution in [1.29, 1.82) is 0 Å². The first-order chi connectivity index (χ1) is 14.0. The first-order valence-corrected chi connectivity index (χ1v) is 10.4.